The lowest BCUT2D eigenvalue weighted by atomic mass is 10.0. The minimum Gasteiger partial charge on any atom is -0.508 e. The van der Waals surface area contributed by atoms with Crippen LogP contribution in [0.25, 0.3) is 0 Å². The zero-order chi connectivity index (χ0) is 14.5. The average Bonchev–Trinajstić information content (AvgIpc) is 2.65. The standard InChI is InChI=1S/C16H24N2O2/c1-12-3-2-9-18(10-8-12)16(20)15(17)11-13-4-6-14(19)7-5-13/h4-7,12,15,19H,2-3,8-11,17H2,1H3/t12?,15-/m0/s1. The lowest BCUT2D eigenvalue weighted by molar-refractivity contribution is -0.132. The minimum absolute atomic E-state index is 0.0483. The van der Waals surface area contributed by atoms with Gasteiger partial charge in [0, 0.05) is 13.1 Å². The number of carbonyl (C=O) groups excluding carboxylic acids is 1. The second-order valence-corrected chi connectivity index (χ2v) is 5.84. The van der Waals surface area contributed by atoms with Gasteiger partial charge in [-0.2, -0.15) is 0 Å². The van der Waals surface area contributed by atoms with Crippen LogP contribution >= 0.6 is 0 Å². The van der Waals surface area contributed by atoms with Gasteiger partial charge in [-0.15, -0.1) is 0 Å². The van der Waals surface area contributed by atoms with Gasteiger partial charge in [0.1, 0.15) is 5.75 Å². The highest BCUT2D eigenvalue weighted by molar-refractivity contribution is 5.82. The summed E-state index contributed by atoms with van der Waals surface area (Å²) in [5.41, 5.74) is 7.03. The molecular weight excluding hydrogens is 252 g/mol. The van der Waals surface area contributed by atoms with Crippen LogP contribution in [0, 0.1) is 5.92 Å². The molecule has 3 N–H and O–H groups in total. The minimum atomic E-state index is -0.493. The summed E-state index contributed by atoms with van der Waals surface area (Å²) in [6.45, 7) is 3.89. The molecule has 1 amide bonds. The second-order valence-electron chi connectivity index (χ2n) is 5.84. The van der Waals surface area contributed by atoms with Gasteiger partial charge in [0.15, 0.2) is 0 Å². The Morgan fingerprint density at radius 3 is 2.75 bits per heavy atom. The van der Waals surface area contributed by atoms with E-state index >= 15 is 0 Å². The maximum Gasteiger partial charge on any atom is 0.239 e. The van der Waals surface area contributed by atoms with Crippen molar-refractivity contribution >= 4 is 5.91 Å². The molecule has 20 heavy (non-hydrogen) atoms. The van der Waals surface area contributed by atoms with Gasteiger partial charge in [0.25, 0.3) is 0 Å². The van der Waals surface area contributed by atoms with E-state index in [0.717, 1.165) is 31.5 Å². The molecule has 110 valence electrons. The van der Waals surface area contributed by atoms with Crippen molar-refractivity contribution in [3.63, 3.8) is 0 Å². The summed E-state index contributed by atoms with van der Waals surface area (Å²) in [7, 11) is 0. The van der Waals surface area contributed by atoms with Crippen LogP contribution in [-0.4, -0.2) is 35.0 Å². The number of hydrogen-bond donors (Lipinski definition) is 2. The predicted molar refractivity (Wildman–Crippen MR) is 79.4 cm³/mol. The molecule has 2 atom stereocenters. The number of rotatable bonds is 3. The summed E-state index contributed by atoms with van der Waals surface area (Å²) in [6, 6.07) is 6.38. The van der Waals surface area contributed by atoms with E-state index in [2.05, 4.69) is 6.92 Å². The Labute approximate surface area is 120 Å². The summed E-state index contributed by atoms with van der Waals surface area (Å²) in [5.74, 6) is 0.975. The number of nitrogens with two attached hydrogens (primary N) is 1. The molecule has 0 spiro atoms. The lowest BCUT2D eigenvalue weighted by Gasteiger charge is -2.24. The van der Waals surface area contributed by atoms with Crippen LogP contribution in [-0.2, 0) is 11.2 Å². The first kappa shape index (κ1) is 14.9. The van der Waals surface area contributed by atoms with E-state index in [9.17, 15) is 9.90 Å². The molecule has 0 saturated carbocycles. The third-order valence-electron chi connectivity index (χ3n) is 4.04. The zero-order valence-electron chi connectivity index (χ0n) is 12.1. The van der Waals surface area contributed by atoms with E-state index < -0.39 is 6.04 Å². The number of phenolic OH excluding ortho intramolecular Hbond substituents is 1. The average molecular weight is 276 g/mol. The number of aromatic hydroxyl groups is 1. The number of hydrogen-bond acceptors (Lipinski definition) is 3. The Kier molecular flexibility index (Phi) is 5.01. The molecule has 1 unspecified atom stereocenters. The molecule has 1 aliphatic rings. The molecule has 0 aromatic heterocycles. The van der Waals surface area contributed by atoms with Crippen molar-refractivity contribution in [3.8, 4) is 5.75 Å². The number of carbonyl (C=O) groups is 1. The largest absolute Gasteiger partial charge is 0.508 e. The van der Waals surface area contributed by atoms with Crippen molar-refractivity contribution < 1.29 is 9.90 Å². The first-order chi connectivity index (χ1) is 9.56. The van der Waals surface area contributed by atoms with Gasteiger partial charge in [-0.25, -0.2) is 0 Å². The highest BCUT2D eigenvalue weighted by atomic mass is 16.3. The van der Waals surface area contributed by atoms with Crippen LogP contribution in [0.3, 0.4) is 0 Å². The highest BCUT2D eigenvalue weighted by Crippen LogP contribution is 2.17. The molecule has 1 aliphatic heterocycles. The molecule has 4 heteroatoms. The van der Waals surface area contributed by atoms with E-state index in [4.69, 9.17) is 5.73 Å². The van der Waals surface area contributed by atoms with Gasteiger partial charge in [-0.3, -0.25) is 4.79 Å². The fourth-order valence-electron chi connectivity index (χ4n) is 2.69. The molecule has 2 rings (SSSR count). The monoisotopic (exact) mass is 276 g/mol. The van der Waals surface area contributed by atoms with Crippen LogP contribution in [0.1, 0.15) is 31.7 Å². The summed E-state index contributed by atoms with van der Waals surface area (Å²) < 4.78 is 0. The molecule has 1 heterocycles. The Morgan fingerprint density at radius 2 is 2.05 bits per heavy atom. The smallest absolute Gasteiger partial charge is 0.239 e. The highest BCUT2D eigenvalue weighted by Gasteiger charge is 2.23. The Hall–Kier alpha value is -1.55. The number of phenols is 1. The third-order valence-corrected chi connectivity index (χ3v) is 4.04. The predicted octanol–water partition coefficient (Wildman–Crippen LogP) is 1.91. The topological polar surface area (TPSA) is 66.6 Å². The van der Waals surface area contributed by atoms with Crippen molar-refractivity contribution in [2.24, 2.45) is 11.7 Å². The summed E-state index contributed by atoms with van der Waals surface area (Å²) in [4.78, 5) is 14.3. The summed E-state index contributed by atoms with van der Waals surface area (Å²) in [6.07, 6.45) is 3.85. The maximum atomic E-state index is 12.4. The summed E-state index contributed by atoms with van der Waals surface area (Å²) in [5, 5.41) is 9.25. The molecule has 4 nitrogen and oxygen atoms in total. The normalized spacial score (nSPS) is 21.3. The van der Waals surface area contributed by atoms with Gasteiger partial charge in [0.05, 0.1) is 6.04 Å². The SMILES string of the molecule is CC1CCCN(C(=O)[C@@H](N)Cc2ccc(O)cc2)CC1. The van der Waals surface area contributed by atoms with Gasteiger partial charge >= 0.3 is 0 Å². The van der Waals surface area contributed by atoms with Gasteiger partial charge in [-0.1, -0.05) is 19.1 Å². The van der Waals surface area contributed by atoms with E-state index in [1.807, 2.05) is 17.0 Å². The van der Waals surface area contributed by atoms with E-state index in [0.29, 0.717) is 12.3 Å². The van der Waals surface area contributed by atoms with Crippen molar-refractivity contribution in [2.45, 2.75) is 38.6 Å². The van der Waals surface area contributed by atoms with Crippen LogP contribution in [0.2, 0.25) is 0 Å². The summed E-state index contributed by atoms with van der Waals surface area (Å²) >= 11 is 0. The molecule has 1 aromatic carbocycles. The molecule has 1 fully saturated rings. The Morgan fingerprint density at radius 1 is 1.35 bits per heavy atom. The molecule has 0 radical (unpaired) electrons. The van der Waals surface area contributed by atoms with Crippen molar-refractivity contribution in [2.75, 3.05) is 13.1 Å². The number of likely N-dealkylation sites (tertiary alicyclic amines) is 1. The van der Waals surface area contributed by atoms with Crippen LogP contribution in [0.5, 0.6) is 5.75 Å². The fraction of sp³-hybridized carbons (Fsp3) is 0.562. The number of benzene rings is 1. The molecule has 0 bridgehead atoms. The van der Waals surface area contributed by atoms with Crippen molar-refractivity contribution in [3.05, 3.63) is 29.8 Å². The lowest BCUT2D eigenvalue weighted by Crippen LogP contribution is -2.45. The van der Waals surface area contributed by atoms with E-state index in [1.165, 1.54) is 6.42 Å². The molecule has 1 aromatic rings. The number of amides is 1. The van der Waals surface area contributed by atoms with Crippen molar-refractivity contribution in [1.29, 1.82) is 0 Å². The van der Waals surface area contributed by atoms with Gasteiger partial charge in [0.2, 0.25) is 5.91 Å². The van der Waals surface area contributed by atoms with Crippen molar-refractivity contribution in [1.82, 2.24) is 4.90 Å². The van der Waals surface area contributed by atoms with Gasteiger partial charge < -0.3 is 15.7 Å². The Balaban J connectivity index is 1.92. The first-order valence-electron chi connectivity index (χ1n) is 7.38. The maximum absolute atomic E-state index is 12.4. The second kappa shape index (κ2) is 6.75. The molecule has 1 saturated heterocycles. The van der Waals surface area contributed by atoms with Crippen LogP contribution < -0.4 is 5.73 Å². The first-order valence-corrected chi connectivity index (χ1v) is 7.38. The van der Waals surface area contributed by atoms with E-state index in [-0.39, 0.29) is 11.7 Å². The van der Waals surface area contributed by atoms with E-state index in [1.54, 1.807) is 12.1 Å². The fourth-order valence-corrected chi connectivity index (χ4v) is 2.69. The van der Waals surface area contributed by atoms with Crippen LogP contribution in [0.15, 0.2) is 24.3 Å². The zero-order valence-corrected chi connectivity index (χ0v) is 12.1. The Bertz CT molecular complexity index is 444. The van der Waals surface area contributed by atoms with Crippen LogP contribution in [0.4, 0.5) is 0 Å². The van der Waals surface area contributed by atoms with Gasteiger partial charge in [-0.05, 0) is 49.3 Å². The molecular formula is C16H24N2O2. The number of nitrogens with zero attached hydrogens (tertiary/aromatic N) is 1. The third kappa shape index (κ3) is 3.97. The molecule has 0 aliphatic carbocycles. The quantitative estimate of drug-likeness (QED) is 0.886.